The van der Waals surface area contributed by atoms with Gasteiger partial charge in [0.05, 0.1) is 6.61 Å². The monoisotopic (exact) mass is 659 g/mol. The second-order valence-corrected chi connectivity index (χ2v) is 14.4. The highest BCUT2D eigenvalue weighted by Gasteiger charge is 2.21. The zero-order chi connectivity index (χ0) is 34.6. The highest BCUT2D eigenvalue weighted by atomic mass is 16.5. The molecule has 1 aromatic heterocycles. The van der Waals surface area contributed by atoms with Gasteiger partial charge in [0.2, 0.25) is 11.8 Å². The van der Waals surface area contributed by atoms with E-state index in [9.17, 15) is 14.4 Å². The highest BCUT2D eigenvalue weighted by molar-refractivity contribution is 5.84. The number of carbonyl (C=O) groups is 3. The van der Waals surface area contributed by atoms with Gasteiger partial charge in [-0.2, -0.15) is 0 Å². The van der Waals surface area contributed by atoms with Gasteiger partial charge < -0.3 is 15.4 Å². The van der Waals surface area contributed by atoms with E-state index in [-0.39, 0.29) is 23.2 Å². The van der Waals surface area contributed by atoms with Crippen LogP contribution in [0.3, 0.4) is 0 Å². The van der Waals surface area contributed by atoms with Crippen molar-refractivity contribution < 1.29 is 23.7 Å². The Bertz CT molecular complexity index is 942. The fraction of sp³-hybridized carbons (Fsp3) is 0.800. The molecule has 7 heteroatoms. The van der Waals surface area contributed by atoms with Gasteiger partial charge >= 0.3 is 5.97 Å². The molecule has 1 atom stereocenters. The predicted molar refractivity (Wildman–Crippen MR) is 194 cm³/mol. The van der Waals surface area contributed by atoms with Crippen molar-refractivity contribution in [3.05, 3.63) is 30.1 Å². The SMILES string of the molecule is CCCCCCCCCCCC(=O)NCCCC[C@H](NC(=O)CCCCCCCCCC[n+]1ccc(C(C)(C)C)cc1)C(=O)OCC. The van der Waals surface area contributed by atoms with E-state index in [0.717, 1.165) is 51.5 Å². The first kappa shape index (κ1) is 42.6. The first-order valence-electron chi connectivity index (χ1n) is 19.4. The third-order valence-corrected chi connectivity index (χ3v) is 8.98. The zero-order valence-corrected chi connectivity index (χ0v) is 31.1. The molecule has 1 heterocycles. The molecule has 270 valence electrons. The fourth-order valence-corrected chi connectivity index (χ4v) is 5.89. The Hall–Kier alpha value is -2.44. The second-order valence-electron chi connectivity index (χ2n) is 14.4. The molecule has 47 heavy (non-hydrogen) atoms. The summed E-state index contributed by atoms with van der Waals surface area (Å²) < 4.78 is 7.50. The molecule has 1 aromatic rings. The Morgan fingerprint density at radius 1 is 0.681 bits per heavy atom. The number of hydrogen-bond donors (Lipinski definition) is 2. The van der Waals surface area contributed by atoms with Crippen molar-refractivity contribution in [2.45, 2.75) is 194 Å². The third kappa shape index (κ3) is 23.5. The van der Waals surface area contributed by atoms with Crippen LogP contribution in [0.2, 0.25) is 0 Å². The van der Waals surface area contributed by atoms with Gasteiger partial charge in [-0.1, -0.05) is 111 Å². The van der Waals surface area contributed by atoms with Crippen molar-refractivity contribution in [1.29, 1.82) is 0 Å². The number of aromatic nitrogens is 1. The molecule has 0 aromatic carbocycles. The molecule has 2 N–H and O–H groups in total. The maximum absolute atomic E-state index is 12.6. The number of pyridine rings is 1. The number of nitrogens with one attached hydrogen (secondary N) is 2. The van der Waals surface area contributed by atoms with Gasteiger partial charge in [0, 0.05) is 37.9 Å². The Morgan fingerprint density at radius 3 is 1.72 bits per heavy atom. The van der Waals surface area contributed by atoms with Gasteiger partial charge in [-0.25, -0.2) is 9.36 Å². The second kappa shape index (κ2) is 27.5. The maximum Gasteiger partial charge on any atom is 0.328 e. The van der Waals surface area contributed by atoms with Crippen LogP contribution in [0.1, 0.15) is 181 Å². The summed E-state index contributed by atoms with van der Waals surface area (Å²) >= 11 is 0. The summed E-state index contributed by atoms with van der Waals surface area (Å²) in [6.07, 6.45) is 27.8. The van der Waals surface area contributed by atoms with Crippen LogP contribution < -0.4 is 15.2 Å². The summed E-state index contributed by atoms with van der Waals surface area (Å²) in [4.78, 5) is 37.2. The summed E-state index contributed by atoms with van der Waals surface area (Å²) in [6.45, 7) is 12.7. The molecule has 0 unspecified atom stereocenters. The van der Waals surface area contributed by atoms with Gasteiger partial charge in [-0.05, 0) is 56.4 Å². The molecule has 0 saturated heterocycles. The molecule has 0 aliphatic heterocycles. The molecule has 7 nitrogen and oxygen atoms in total. The quantitative estimate of drug-likeness (QED) is 0.0511. The number of unbranched alkanes of at least 4 members (excludes halogenated alkanes) is 16. The van der Waals surface area contributed by atoms with Crippen LogP contribution in [-0.2, 0) is 31.1 Å². The van der Waals surface area contributed by atoms with Crippen LogP contribution in [-0.4, -0.2) is 37.0 Å². The number of hydrogen-bond acceptors (Lipinski definition) is 4. The Balaban J connectivity index is 2.09. The van der Waals surface area contributed by atoms with Crippen molar-refractivity contribution in [3.63, 3.8) is 0 Å². The zero-order valence-electron chi connectivity index (χ0n) is 31.1. The Morgan fingerprint density at radius 2 is 1.19 bits per heavy atom. The van der Waals surface area contributed by atoms with E-state index in [1.54, 1.807) is 6.92 Å². The fourth-order valence-electron chi connectivity index (χ4n) is 5.89. The summed E-state index contributed by atoms with van der Waals surface area (Å²) in [5.74, 6) is -0.332. The lowest BCUT2D eigenvalue weighted by Gasteiger charge is -2.17. The average Bonchev–Trinajstić information content (AvgIpc) is 3.04. The summed E-state index contributed by atoms with van der Waals surface area (Å²) in [6, 6.07) is 3.86. The summed E-state index contributed by atoms with van der Waals surface area (Å²) in [5, 5.41) is 5.91. The van der Waals surface area contributed by atoms with Gasteiger partial charge in [0.1, 0.15) is 12.6 Å². The van der Waals surface area contributed by atoms with Gasteiger partial charge in [0.25, 0.3) is 0 Å². The summed E-state index contributed by atoms with van der Waals surface area (Å²) in [7, 11) is 0. The van der Waals surface area contributed by atoms with E-state index in [1.165, 1.54) is 82.6 Å². The van der Waals surface area contributed by atoms with Crippen molar-refractivity contribution in [1.82, 2.24) is 10.6 Å². The number of amides is 2. The Labute approximate surface area is 288 Å². The van der Waals surface area contributed by atoms with E-state index in [2.05, 4.69) is 67.4 Å². The molecule has 0 spiro atoms. The molecule has 1 rings (SSSR count). The number of rotatable bonds is 29. The third-order valence-electron chi connectivity index (χ3n) is 8.98. The normalized spacial score (nSPS) is 12.1. The molecular weight excluding hydrogens is 586 g/mol. The van der Waals surface area contributed by atoms with E-state index in [4.69, 9.17) is 4.74 Å². The lowest BCUT2D eigenvalue weighted by atomic mass is 9.88. The molecule has 0 fully saturated rings. The first-order chi connectivity index (χ1) is 22.7. The molecule has 0 bridgehead atoms. The smallest absolute Gasteiger partial charge is 0.328 e. The van der Waals surface area contributed by atoms with Gasteiger partial charge in [-0.15, -0.1) is 0 Å². The minimum Gasteiger partial charge on any atom is -0.464 e. The molecule has 0 aliphatic carbocycles. The van der Waals surface area contributed by atoms with Crippen LogP contribution in [0.5, 0.6) is 0 Å². The number of ether oxygens (including phenoxy) is 1. The summed E-state index contributed by atoms with van der Waals surface area (Å²) in [5.41, 5.74) is 1.57. The van der Waals surface area contributed by atoms with E-state index < -0.39 is 6.04 Å². The van der Waals surface area contributed by atoms with Crippen molar-refractivity contribution in [3.8, 4) is 0 Å². The number of aryl methyl sites for hydroxylation is 1. The lowest BCUT2D eigenvalue weighted by molar-refractivity contribution is -0.697. The lowest BCUT2D eigenvalue weighted by Crippen LogP contribution is -2.41. The maximum atomic E-state index is 12.6. The predicted octanol–water partition coefficient (Wildman–Crippen LogP) is 9.04. The van der Waals surface area contributed by atoms with Crippen LogP contribution in [0.4, 0.5) is 0 Å². The van der Waals surface area contributed by atoms with E-state index in [1.807, 2.05) is 0 Å². The molecular formula is C40H72N3O4+. The molecule has 0 saturated carbocycles. The van der Waals surface area contributed by atoms with Crippen molar-refractivity contribution >= 4 is 17.8 Å². The van der Waals surface area contributed by atoms with Crippen LogP contribution in [0, 0.1) is 0 Å². The van der Waals surface area contributed by atoms with Gasteiger partial charge in [0.15, 0.2) is 12.4 Å². The standard InChI is InChI=1S/C40H71N3O4/c1-6-8-9-10-11-12-15-18-21-27-37(44)41-31-24-23-26-36(39(46)47-7-2)42-38(45)28-22-19-16-13-14-17-20-25-32-43-33-29-35(30-34-43)40(3,4)5/h29-30,33-34,36H,6-28,31-32H2,1-5H3,(H-,41,42,44,45)/p+1/t36-/m0/s1. The highest BCUT2D eigenvalue weighted by Crippen LogP contribution is 2.20. The minimum absolute atomic E-state index is 0.0784. The van der Waals surface area contributed by atoms with Gasteiger partial charge in [-0.3, -0.25) is 9.59 Å². The van der Waals surface area contributed by atoms with Crippen LogP contribution in [0.15, 0.2) is 24.5 Å². The number of esters is 1. The molecule has 2 amide bonds. The van der Waals surface area contributed by atoms with Crippen molar-refractivity contribution in [2.75, 3.05) is 13.2 Å². The van der Waals surface area contributed by atoms with Crippen LogP contribution >= 0.6 is 0 Å². The molecule has 0 radical (unpaired) electrons. The Kier molecular flexibility index (Phi) is 24.9. The average molecular weight is 659 g/mol. The van der Waals surface area contributed by atoms with E-state index in [0.29, 0.717) is 32.4 Å². The van der Waals surface area contributed by atoms with Crippen molar-refractivity contribution in [2.24, 2.45) is 0 Å². The number of carbonyl (C=O) groups excluding carboxylic acids is 3. The largest absolute Gasteiger partial charge is 0.464 e. The number of nitrogens with zero attached hydrogens (tertiary/aromatic N) is 1. The van der Waals surface area contributed by atoms with E-state index >= 15 is 0 Å². The minimum atomic E-state index is -0.616. The van der Waals surface area contributed by atoms with Crippen LogP contribution in [0.25, 0.3) is 0 Å². The molecule has 0 aliphatic rings. The topological polar surface area (TPSA) is 88.4 Å². The first-order valence-corrected chi connectivity index (χ1v) is 19.4.